The largest absolute Gasteiger partial charge is 0.382 e. The Kier molecular flexibility index (Phi) is 3.76. The van der Waals surface area contributed by atoms with E-state index < -0.39 is 0 Å². The van der Waals surface area contributed by atoms with Gasteiger partial charge in [-0.25, -0.2) is 0 Å². The number of hydrogen-bond acceptors (Lipinski definition) is 2. The van der Waals surface area contributed by atoms with E-state index in [1.54, 1.807) is 0 Å². The van der Waals surface area contributed by atoms with Crippen molar-refractivity contribution < 1.29 is 0 Å². The molecule has 18 heavy (non-hydrogen) atoms. The highest BCUT2D eigenvalue weighted by Gasteiger charge is 2.21. The van der Waals surface area contributed by atoms with Crippen LogP contribution < -0.4 is 10.6 Å². The zero-order valence-corrected chi connectivity index (χ0v) is 11.5. The highest BCUT2D eigenvalue weighted by molar-refractivity contribution is 6.31. The minimum atomic E-state index is 0.440. The van der Waals surface area contributed by atoms with Crippen LogP contribution >= 0.6 is 11.6 Å². The zero-order valence-electron chi connectivity index (χ0n) is 10.7. The molecule has 98 valence electrons. The fraction of sp³-hybridized carbons (Fsp3) is 0.600. The third-order valence-electron chi connectivity index (χ3n) is 3.88. The van der Waals surface area contributed by atoms with Crippen molar-refractivity contribution in [2.45, 2.75) is 50.6 Å². The number of anilines is 1. The summed E-state index contributed by atoms with van der Waals surface area (Å²) in [6.45, 7) is 1.11. The third kappa shape index (κ3) is 2.99. The quantitative estimate of drug-likeness (QED) is 0.858. The van der Waals surface area contributed by atoms with Crippen molar-refractivity contribution in [3.63, 3.8) is 0 Å². The van der Waals surface area contributed by atoms with Gasteiger partial charge in [-0.2, -0.15) is 0 Å². The molecule has 1 aliphatic carbocycles. The van der Waals surface area contributed by atoms with Gasteiger partial charge in [0, 0.05) is 22.8 Å². The maximum atomic E-state index is 6.44. The second-order valence-corrected chi connectivity index (χ2v) is 5.92. The third-order valence-corrected chi connectivity index (χ3v) is 4.21. The molecule has 2 N–H and O–H groups in total. The monoisotopic (exact) mass is 264 g/mol. The van der Waals surface area contributed by atoms with Crippen molar-refractivity contribution in [3.8, 4) is 0 Å². The van der Waals surface area contributed by atoms with E-state index in [1.807, 2.05) is 0 Å². The Morgan fingerprint density at radius 3 is 2.78 bits per heavy atom. The molecular weight excluding hydrogens is 244 g/mol. The molecule has 1 aliphatic heterocycles. The average molecular weight is 265 g/mol. The molecule has 1 heterocycles. The number of rotatable bonds is 3. The Morgan fingerprint density at radius 1 is 1.11 bits per heavy atom. The van der Waals surface area contributed by atoms with Crippen LogP contribution in [0.2, 0.25) is 5.02 Å². The molecule has 2 fully saturated rings. The highest BCUT2D eigenvalue weighted by atomic mass is 35.5. The summed E-state index contributed by atoms with van der Waals surface area (Å²) < 4.78 is 0. The number of nitrogens with one attached hydrogen (secondary N) is 2. The molecule has 1 atom stereocenters. The highest BCUT2D eigenvalue weighted by Crippen LogP contribution is 2.32. The fourth-order valence-corrected chi connectivity index (χ4v) is 2.97. The van der Waals surface area contributed by atoms with Crippen LogP contribution in [0.3, 0.4) is 0 Å². The fourth-order valence-electron chi connectivity index (χ4n) is 2.66. The van der Waals surface area contributed by atoms with E-state index in [9.17, 15) is 0 Å². The number of benzene rings is 1. The van der Waals surface area contributed by atoms with Crippen molar-refractivity contribution in [2.75, 3.05) is 11.9 Å². The lowest BCUT2D eigenvalue weighted by atomic mass is 10.0. The summed E-state index contributed by atoms with van der Waals surface area (Å²) in [7, 11) is 0. The molecule has 2 nitrogen and oxygen atoms in total. The van der Waals surface area contributed by atoms with Gasteiger partial charge in [0.2, 0.25) is 0 Å². The topological polar surface area (TPSA) is 24.1 Å². The van der Waals surface area contributed by atoms with E-state index >= 15 is 0 Å². The summed E-state index contributed by atoms with van der Waals surface area (Å²) in [6.07, 6.45) is 7.72. The summed E-state index contributed by atoms with van der Waals surface area (Å²) in [5, 5.41) is 8.00. The first kappa shape index (κ1) is 12.3. The molecule has 0 unspecified atom stereocenters. The van der Waals surface area contributed by atoms with Gasteiger partial charge >= 0.3 is 0 Å². The van der Waals surface area contributed by atoms with Crippen LogP contribution in [-0.2, 0) is 0 Å². The Hall–Kier alpha value is -0.730. The molecule has 0 amide bonds. The van der Waals surface area contributed by atoms with Crippen LogP contribution in [0.4, 0.5) is 5.69 Å². The normalized spacial score (nSPS) is 24.6. The molecule has 0 bridgehead atoms. The first-order chi connectivity index (χ1) is 8.83. The molecule has 3 heteroatoms. The predicted octanol–water partition coefficient (Wildman–Crippen LogP) is 4.12. The zero-order chi connectivity index (χ0) is 12.4. The van der Waals surface area contributed by atoms with Crippen LogP contribution in [0, 0.1) is 0 Å². The van der Waals surface area contributed by atoms with E-state index in [0.29, 0.717) is 12.1 Å². The van der Waals surface area contributed by atoms with Crippen LogP contribution in [0.25, 0.3) is 0 Å². The van der Waals surface area contributed by atoms with Crippen molar-refractivity contribution >= 4 is 17.3 Å². The second-order valence-electron chi connectivity index (χ2n) is 5.51. The maximum absolute atomic E-state index is 6.44. The van der Waals surface area contributed by atoms with Gasteiger partial charge in [-0.05, 0) is 49.9 Å². The molecule has 1 aromatic rings. The Morgan fingerprint density at radius 2 is 2.00 bits per heavy atom. The summed E-state index contributed by atoms with van der Waals surface area (Å²) in [5.41, 5.74) is 2.43. The van der Waals surface area contributed by atoms with E-state index in [1.165, 1.54) is 49.8 Å². The van der Waals surface area contributed by atoms with Crippen LogP contribution in [0.1, 0.15) is 50.1 Å². The van der Waals surface area contributed by atoms with Crippen molar-refractivity contribution in [3.05, 3.63) is 28.8 Å². The molecule has 1 saturated heterocycles. The van der Waals surface area contributed by atoms with E-state index in [0.717, 1.165) is 11.6 Å². The first-order valence-electron chi connectivity index (χ1n) is 7.12. The Balaban J connectivity index is 1.74. The lowest BCUT2D eigenvalue weighted by Gasteiger charge is -2.18. The van der Waals surface area contributed by atoms with Crippen molar-refractivity contribution in [2.24, 2.45) is 0 Å². The molecule has 1 saturated carbocycles. The van der Waals surface area contributed by atoms with Crippen LogP contribution in [0.5, 0.6) is 0 Å². The molecule has 0 spiro atoms. The van der Waals surface area contributed by atoms with Gasteiger partial charge in [0.05, 0.1) is 0 Å². The van der Waals surface area contributed by atoms with Gasteiger partial charge in [-0.3, -0.25) is 0 Å². The molecular formula is C15H21ClN2. The standard InChI is InChI=1S/C15H21ClN2/c16-14-10-12(18-11-5-6-11)7-8-13(14)15-4-2-1-3-9-17-15/h7-8,10-11,15,17-18H,1-6,9H2/t15-/m1/s1. The average Bonchev–Trinajstić information content (AvgIpc) is 3.16. The SMILES string of the molecule is Clc1cc(NC2CC2)ccc1[C@H]1CCCCCN1. The summed E-state index contributed by atoms with van der Waals surface area (Å²) in [4.78, 5) is 0. The molecule has 0 aromatic heterocycles. The van der Waals surface area contributed by atoms with E-state index in [-0.39, 0.29) is 0 Å². The smallest absolute Gasteiger partial charge is 0.0474 e. The van der Waals surface area contributed by atoms with Crippen molar-refractivity contribution in [1.82, 2.24) is 5.32 Å². The summed E-state index contributed by atoms with van der Waals surface area (Å²) in [6, 6.07) is 7.57. The van der Waals surface area contributed by atoms with E-state index in [2.05, 4.69) is 28.8 Å². The number of hydrogen-bond donors (Lipinski definition) is 2. The van der Waals surface area contributed by atoms with Crippen LogP contribution in [0.15, 0.2) is 18.2 Å². The molecule has 0 radical (unpaired) electrons. The minimum Gasteiger partial charge on any atom is -0.382 e. The van der Waals surface area contributed by atoms with Gasteiger partial charge in [0.1, 0.15) is 0 Å². The summed E-state index contributed by atoms with van der Waals surface area (Å²) in [5.74, 6) is 0. The lowest BCUT2D eigenvalue weighted by Crippen LogP contribution is -2.20. The minimum absolute atomic E-state index is 0.440. The van der Waals surface area contributed by atoms with Gasteiger partial charge < -0.3 is 10.6 Å². The lowest BCUT2D eigenvalue weighted by molar-refractivity contribution is 0.535. The second kappa shape index (κ2) is 5.50. The van der Waals surface area contributed by atoms with Gasteiger partial charge in [0.15, 0.2) is 0 Å². The predicted molar refractivity (Wildman–Crippen MR) is 77.3 cm³/mol. The number of halogens is 1. The molecule has 3 rings (SSSR count). The van der Waals surface area contributed by atoms with E-state index in [4.69, 9.17) is 11.6 Å². The molecule has 2 aliphatic rings. The van der Waals surface area contributed by atoms with Gasteiger partial charge in [0.25, 0.3) is 0 Å². The maximum Gasteiger partial charge on any atom is 0.0474 e. The van der Waals surface area contributed by atoms with Gasteiger partial charge in [-0.15, -0.1) is 0 Å². The van der Waals surface area contributed by atoms with Crippen LogP contribution in [-0.4, -0.2) is 12.6 Å². The summed E-state index contributed by atoms with van der Waals surface area (Å²) >= 11 is 6.44. The van der Waals surface area contributed by atoms with Gasteiger partial charge in [-0.1, -0.05) is 30.5 Å². The Labute approximate surface area is 114 Å². The Bertz CT molecular complexity index is 407. The van der Waals surface area contributed by atoms with Crippen molar-refractivity contribution in [1.29, 1.82) is 0 Å². The first-order valence-corrected chi connectivity index (χ1v) is 7.50. The molecule has 1 aromatic carbocycles.